The minimum absolute atomic E-state index is 0.234. The highest BCUT2D eigenvalue weighted by Gasteiger charge is 2.22. The van der Waals surface area contributed by atoms with Crippen LogP contribution in [-0.2, 0) is 10.0 Å². The molecule has 0 aromatic carbocycles. The lowest BCUT2D eigenvalue weighted by atomic mass is 10.0. The number of hydrogen-bond donors (Lipinski definition) is 1. The summed E-state index contributed by atoms with van der Waals surface area (Å²) in [6.45, 7) is 7.93. The van der Waals surface area contributed by atoms with Crippen molar-refractivity contribution >= 4 is 10.0 Å². The van der Waals surface area contributed by atoms with Gasteiger partial charge in [0.1, 0.15) is 0 Å². The number of hydrogen-bond acceptors (Lipinski definition) is 3. The number of rotatable bonds is 10. The van der Waals surface area contributed by atoms with E-state index in [0.29, 0.717) is 32.0 Å². The second-order valence-corrected chi connectivity index (χ2v) is 6.53. The van der Waals surface area contributed by atoms with E-state index >= 15 is 0 Å². The summed E-state index contributed by atoms with van der Waals surface area (Å²) in [5, 5.41) is 0. The van der Waals surface area contributed by atoms with Gasteiger partial charge in [0, 0.05) is 13.1 Å². The molecule has 4 nitrogen and oxygen atoms in total. The molecule has 0 aromatic heterocycles. The van der Waals surface area contributed by atoms with E-state index < -0.39 is 10.0 Å². The molecule has 0 bridgehead atoms. The first-order valence-electron chi connectivity index (χ1n) is 6.69. The summed E-state index contributed by atoms with van der Waals surface area (Å²) in [6, 6.07) is 0. The minimum Gasteiger partial charge on any atom is -0.330 e. The Bertz CT molecular complexity index is 274. The predicted molar refractivity (Wildman–Crippen MR) is 73.4 cm³/mol. The van der Waals surface area contributed by atoms with Crippen LogP contribution in [0.15, 0.2) is 0 Å². The zero-order valence-electron chi connectivity index (χ0n) is 11.5. The maximum Gasteiger partial charge on any atom is 0.214 e. The van der Waals surface area contributed by atoms with Crippen LogP contribution in [0.3, 0.4) is 0 Å². The lowest BCUT2D eigenvalue weighted by molar-refractivity contribution is 0.339. The van der Waals surface area contributed by atoms with Crippen molar-refractivity contribution < 1.29 is 8.42 Å². The molecule has 0 unspecified atom stereocenters. The van der Waals surface area contributed by atoms with E-state index in [0.717, 1.165) is 19.3 Å². The van der Waals surface area contributed by atoms with Gasteiger partial charge in [-0.1, -0.05) is 33.6 Å². The summed E-state index contributed by atoms with van der Waals surface area (Å²) < 4.78 is 25.8. The smallest absolute Gasteiger partial charge is 0.214 e. The zero-order chi connectivity index (χ0) is 13.3. The van der Waals surface area contributed by atoms with Gasteiger partial charge >= 0.3 is 0 Å². The molecule has 17 heavy (non-hydrogen) atoms. The fraction of sp³-hybridized carbons (Fsp3) is 1.00. The van der Waals surface area contributed by atoms with Crippen molar-refractivity contribution in [3.05, 3.63) is 0 Å². The normalized spacial score (nSPS) is 12.6. The molecule has 0 aromatic rings. The van der Waals surface area contributed by atoms with Gasteiger partial charge in [0.2, 0.25) is 10.0 Å². The van der Waals surface area contributed by atoms with Gasteiger partial charge in [0.05, 0.1) is 5.75 Å². The molecule has 0 saturated carbocycles. The second-order valence-electron chi connectivity index (χ2n) is 4.44. The third kappa shape index (κ3) is 6.38. The highest BCUT2D eigenvalue weighted by molar-refractivity contribution is 7.89. The van der Waals surface area contributed by atoms with Gasteiger partial charge < -0.3 is 5.73 Å². The van der Waals surface area contributed by atoms with Gasteiger partial charge in [-0.15, -0.1) is 0 Å². The predicted octanol–water partition coefficient (Wildman–Crippen LogP) is 1.81. The van der Waals surface area contributed by atoms with E-state index in [9.17, 15) is 8.42 Å². The topological polar surface area (TPSA) is 63.4 Å². The van der Waals surface area contributed by atoms with Gasteiger partial charge in [0.25, 0.3) is 0 Å². The second kappa shape index (κ2) is 8.89. The van der Waals surface area contributed by atoms with Crippen LogP contribution in [-0.4, -0.2) is 38.1 Å². The standard InChI is InChI=1S/C12H28N2O2S/c1-4-12(5-2)11-14(6-3)17(15,16)10-8-7-9-13/h12H,4-11,13H2,1-3H3. The summed E-state index contributed by atoms with van der Waals surface area (Å²) in [7, 11) is -3.08. The van der Waals surface area contributed by atoms with Crippen LogP contribution in [0.5, 0.6) is 0 Å². The summed E-state index contributed by atoms with van der Waals surface area (Å²) >= 11 is 0. The van der Waals surface area contributed by atoms with Gasteiger partial charge in [-0.2, -0.15) is 0 Å². The van der Waals surface area contributed by atoms with Crippen molar-refractivity contribution in [3.8, 4) is 0 Å². The Balaban J connectivity index is 4.41. The van der Waals surface area contributed by atoms with Gasteiger partial charge in [-0.3, -0.25) is 0 Å². The maximum atomic E-state index is 12.1. The highest BCUT2D eigenvalue weighted by Crippen LogP contribution is 2.13. The van der Waals surface area contributed by atoms with Crippen LogP contribution in [0, 0.1) is 5.92 Å². The van der Waals surface area contributed by atoms with E-state index in [1.807, 2.05) is 6.92 Å². The third-order valence-corrected chi connectivity index (χ3v) is 5.22. The number of unbranched alkanes of at least 4 members (excludes halogenated alkanes) is 1. The number of nitrogens with two attached hydrogens (primary N) is 1. The van der Waals surface area contributed by atoms with E-state index in [-0.39, 0.29) is 5.75 Å². The van der Waals surface area contributed by atoms with Crippen LogP contribution in [0.4, 0.5) is 0 Å². The molecule has 104 valence electrons. The molecular weight excluding hydrogens is 236 g/mol. The summed E-state index contributed by atoms with van der Waals surface area (Å²) in [4.78, 5) is 0. The van der Waals surface area contributed by atoms with Crippen LogP contribution < -0.4 is 5.73 Å². The van der Waals surface area contributed by atoms with Gasteiger partial charge in [0.15, 0.2) is 0 Å². The van der Waals surface area contributed by atoms with Gasteiger partial charge in [-0.05, 0) is 25.3 Å². The molecule has 0 spiro atoms. The average Bonchev–Trinajstić information content (AvgIpc) is 2.30. The Labute approximate surface area is 107 Å². The van der Waals surface area contributed by atoms with Gasteiger partial charge in [-0.25, -0.2) is 12.7 Å². The van der Waals surface area contributed by atoms with Crippen molar-refractivity contribution in [2.75, 3.05) is 25.4 Å². The summed E-state index contributed by atoms with van der Waals surface area (Å²) in [5.74, 6) is 0.706. The Hall–Kier alpha value is -0.130. The fourth-order valence-electron chi connectivity index (χ4n) is 1.83. The first-order chi connectivity index (χ1) is 8.01. The zero-order valence-corrected chi connectivity index (χ0v) is 12.3. The molecule has 0 amide bonds. The minimum atomic E-state index is -3.08. The molecule has 0 saturated heterocycles. The largest absolute Gasteiger partial charge is 0.330 e. The van der Waals surface area contributed by atoms with Crippen LogP contribution >= 0.6 is 0 Å². The lowest BCUT2D eigenvalue weighted by Gasteiger charge is -2.24. The maximum absolute atomic E-state index is 12.1. The molecule has 0 atom stereocenters. The van der Waals surface area contributed by atoms with Crippen LogP contribution in [0.1, 0.15) is 46.5 Å². The fourth-order valence-corrected chi connectivity index (χ4v) is 3.49. The number of nitrogens with zero attached hydrogens (tertiary/aromatic N) is 1. The van der Waals surface area contributed by atoms with Crippen molar-refractivity contribution in [1.29, 1.82) is 0 Å². The van der Waals surface area contributed by atoms with E-state index in [4.69, 9.17) is 5.73 Å². The van der Waals surface area contributed by atoms with Crippen molar-refractivity contribution in [1.82, 2.24) is 4.31 Å². The van der Waals surface area contributed by atoms with Crippen LogP contribution in [0.25, 0.3) is 0 Å². The molecule has 0 aliphatic carbocycles. The average molecular weight is 264 g/mol. The molecule has 0 fully saturated rings. The lowest BCUT2D eigenvalue weighted by Crippen LogP contribution is -2.36. The summed E-state index contributed by atoms with van der Waals surface area (Å²) in [5.41, 5.74) is 5.38. The Morgan fingerprint density at radius 3 is 2.12 bits per heavy atom. The molecule has 0 rings (SSSR count). The van der Waals surface area contributed by atoms with E-state index in [1.54, 1.807) is 4.31 Å². The first-order valence-corrected chi connectivity index (χ1v) is 8.30. The first kappa shape index (κ1) is 16.9. The molecule has 2 N–H and O–H groups in total. The Kier molecular flexibility index (Phi) is 8.82. The molecule has 0 aliphatic heterocycles. The Morgan fingerprint density at radius 1 is 1.12 bits per heavy atom. The quantitative estimate of drug-likeness (QED) is 0.612. The third-order valence-electron chi connectivity index (χ3n) is 3.22. The summed E-state index contributed by atoms with van der Waals surface area (Å²) in [6.07, 6.45) is 3.51. The van der Waals surface area contributed by atoms with Crippen molar-refractivity contribution in [2.24, 2.45) is 11.7 Å². The van der Waals surface area contributed by atoms with E-state index in [1.165, 1.54) is 0 Å². The van der Waals surface area contributed by atoms with Crippen LogP contribution in [0.2, 0.25) is 0 Å². The van der Waals surface area contributed by atoms with Crippen molar-refractivity contribution in [2.45, 2.75) is 46.5 Å². The number of sulfonamides is 1. The monoisotopic (exact) mass is 264 g/mol. The Morgan fingerprint density at radius 2 is 1.71 bits per heavy atom. The molecule has 5 heteroatoms. The molecular formula is C12H28N2O2S. The molecule has 0 radical (unpaired) electrons. The van der Waals surface area contributed by atoms with Crippen molar-refractivity contribution in [3.63, 3.8) is 0 Å². The molecule has 0 heterocycles. The SMILES string of the molecule is CCC(CC)CN(CC)S(=O)(=O)CCCCN. The van der Waals surface area contributed by atoms with E-state index in [2.05, 4.69) is 13.8 Å². The highest BCUT2D eigenvalue weighted by atomic mass is 32.2. The molecule has 0 aliphatic rings.